The van der Waals surface area contributed by atoms with Crippen molar-refractivity contribution in [3.05, 3.63) is 93.8 Å². The molecule has 0 saturated carbocycles. The Morgan fingerprint density at radius 1 is 1.11 bits per heavy atom. The van der Waals surface area contributed by atoms with Crippen molar-refractivity contribution in [2.45, 2.75) is 30.3 Å². The zero-order chi connectivity index (χ0) is 26.5. The third-order valence-electron chi connectivity index (χ3n) is 5.94. The van der Waals surface area contributed by atoms with Gasteiger partial charge in [-0.2, -0.15) is 13.2 Å². The molecule has 0 aromatic heterocycles. The Kier molecular flexibility index (Phi) is 6.68. The molecule has 1 unspecified atom stereocenters. The van der Waals surface area contributed by atoms with Gasteiger partial charge < -0.3 is 0 Å². The van der Waals surface area contributed by atoms with Crippen LogP contribution in [0.2, 0.25) is 5.02 Å². The molecule has 3 aromatic carbocycles. The standard InChI is InChI=1S/C26H20ClF6NOS/c1-16(24-21(27)7-4-8-22(24)28)13-17-9-10-20-23(14-17)34(12-11-25(20,29)30)36(2,35)19-6-3-5-18(15-19)26(31,32)33/h3-10,13-15H,2,11-12H2,1H3/b16-13+. The van der Waals surface area contributed by atoms with E-state index in [1.165, 1.54) is 48.5 Å². The minimum atomic E-state index is -4.68. The van der Waals surface area contributed by atoms with Crippen molar-refractivity contribution < 1.29 is 30.6 Å². The van der Waals surface area contributed by atoms with Crippen molar-refractivity contribution in [1.29, 1.82) is 0 Å². The van der Waals surface area contributed by atoms with Crippen LogP contribution < -0.4 is 4.31 Å². The molecule has 1 aliphatic rings. The summed E-state index contributed by atoms with van der Waals surface area (Å²) in [5, 5.41) is 0.167. The van der Waals surface area contributed by atoms with Gasteiger partial charge in [0.25, 0.3) is 5.92 Å². The molecule has 10 heteroatoms. The van der Waals surface area contributed by atoms with Gasteiger partial charge in [-0.25, -0.2) is 17.4 Å². The number of hydrogen-bond acceptors (Lipinski definition) is 1. The Balaban J connectivity index is 1.83. The van der Waals surface area contributed by atoms with E-state index < -0.39 is 51.7 Å². The number of allylic oxidation sites excluding steroid dienone is 1. The fourth-order valence-electron chi connectivity index (χ4n) is 4.15. The largest absolute Gasteiger partial charge is 0.416 e. The molecule has 36 heavy (non-hydrogen) atoms. The second-order valence-corrected chi connectivity index (χ2v) is 11.0. The smallest absolute Gasteiger partial charge is 0.295 e. The molecule has 0 aliphatic carbocycles. The summed E-state index contributed by atoms with van der Waals surface area (Å²) < 4.78 is 98.5. The van der Waals surface area contributed by atoms with Crippen molar-refractivity contribution in [2.24, 2.45) is 0 Å². The molecule has 1 aliphatic heterocycles. The molecule has 3 aromatic rings. The minimum Gasteiger partial charge on any atom is -0.295 e. The summed E-state index contributed by atoms with van der Waals surface area (Å²) in [6, 6.07) is 12.0. The number of halogens is 7. The lowest BCUT2D eigenvalue weighted by molar-refractivity contribution is -0.137. The highest BCUT2D eigenvalue weighted by Gasteiger charge is 2.42. The lowest BCUT2D eigenvalue weighted by Crippen LogP contribution is -2.40. The van der Waals surface area contributed by atoms with Crippen molar-refractivity contribution in [2.75, 3.05) is 10.8 Å². The Bertz CT molecular complexity index is 1440. The first-order chi connectivity index (χ1) is 16.7. The third kappa shape index (κ3) is 4.86. The van der Waals surface area contributed by atoms with Gasteiger partial charge in [0.1, 0.15) is 5.82 Å². The summed E-state index contributed by atoms with van der Waals surface area (Å²) in [6.45, 7) is 1.20. The highest BCUT2D eigenvalue weighted by atomic mass is 35.5. The molecule has 0 spiro atoms. The van der Waals surface area contributed by atoms with E-state index in [9.17, 15) is 30.6 Å². The van der Waals surface area contributed by atoms with E-state index in [0.29, 0.717) is 11.1 Å². The minimum absolute atomic E-state index is 0.121. The van der Waals surface area contributed by atoms with E-state index in [0.717, 1.165) is 22.5 Å². The summed E-state index contributed by atoms with van der Waals surface area (Å²) in [6.07, 6.45) is -3.84. The average molecular weight is 544 g/mol. The predicted molar refractivity (Wildman–Crippen MR) is 132 cm³/mol. The van der Waals surface area contributed by atoms with Crippen LogP contribution in [0.15, 0.2) is 65.6 Å². The first kappa shape index (κ1) is 26.2. The van der Waals surface area contributed by atoms with E-state index in [1.54, 1.807) is 6.92 Å². The summed E-state index contributed by atoms with van der Waals surface area (Å²) in [5.74, 6) is -0.157. The number of alkyl halides is 5. The molecule has 2 nitrogen and oxygen atoms in total. The zero-order valence-electron chi connectivity index (χ0n) is 18.9. The molecular formula is C26H20ClF6NOS. The van der Waals surface area contributed by atoms with E-state index in [2.05, 4.69) is 5.87 Å². The van der Waals surface area contributed by atoms with Gasteiger partial charge in [0.2, 0.25) is 0 Å². The van der Waals surface area contributed by atoms with Crippen LogP contribution in [0.5, 0.6) is 0 Å². The van der Waals surface area contributed by atoms with Crippen LogP contribution in [0.3, 0.4) is 0 Å². The van der Waals surface area contributed by atoms with Crippen LogP contribution >= 0.6 is 11.6 Å². The molecule has 0 radical (unpaired) electrons. The van der Waals surface area contributed by atoms with Gasteiger partial charge in [-0.05, 0) is 60.3 Å². The lowest BCUT2D eigenvalue weighted by atomic mass is 9.96. The zero-order valence-corrected chi connectivity index (χ0v) is 20.5. The van der Waals surface area contributed by atoms with Crippen LogP contribution in [-0.4, -0.2) is 16.6 Å². The van der Waals surface area contributed by atoms with Crippen LogP contribution in [0.4, 0.5) is 32.0 Å². The topological polar surface area (TPSA) is 20.3 Å². The van der Waals surface area contributed by atoms with Crippen LogP contribution in [0.1, 0.15) is 35.6 Å². The number of rotatable bonds is 4. The molecular weight excluding hydrogens is 524 g/mol. The maximum atomic E-state index is 14.8. The van der Waals surface area contributed by atoms with Crippen LogP contribution in [0, 0.1) is 5.82 Å². The van der Waals surface area contributed by atoms with Crippen molar-refractivity contribution >= 4 is 44.5 Å². The summed E-state index contributed by atoms with van der Waals surface area (Å²) in [4.78, 5) is -0.233. The molecule has 0 fully saturated rings. The van der Waals surface area contributed by atoms with E-state index in [4.69, 9.17) is 11.6 Å². The average Bonchev–Trinajstić information content (AvgIpc) is 2.78. The first-order valence-corrected chi connectivity index (χ1v) is 12.8. The Hall–Kier alpha value is -2.91. The van der Waals surface area contributed by atoms with E-state index >= 15 is 0 Å². The van der Waals surface area contributed by atoms with Gasteiger partial charge in [-0.1, -0.05) is 41.9 Å². The molecule has 1 heterocycles. The summed E-state index contributed by atoms with van der Waals surface area (Å²) in [7, 11) is -3.62. The predicted octanol–water partition coefficient (Wildman–Crippen LogP) is 8.05. The van der Waals surface area contributed by atoms with E-state index in [-0.39, 0.29) is 21.2 Å². The number of fused-ring (bicyclic) bond motifs is 1. The van der Waals surface area contributed by atoms with Gasteiger partial charge in [0.05, 0.1) is 30.9 Å². The van der Waals surface area contributed by atoms with Crippen molar-refractivity contribution in [3.8, 4) is 0 Å². The lowest BCUT2D eigenvalue weighted by Gasteiger charge is -2.37. The molecule has 190 valence electrons. The van der Waals surface area contributed by atoms with Gasteiger partial charge in [-0.3, -0.25) is 4.31 Å². The Morgan fingerprint density at radius 3 is 2.47 bits per heavy atom. The monoisotopic (exact) mass is 543 g/mol. The number of anilines is 1. The maximum Gasteiger partial charge on any atom is 0.416 e. The highest BCUT2D eigenvalue weighted by molar-refractivity contribution is 8.01. The molecule has 0 amide bonds. The third-order valence-corrected chi connectivity index (χ3v) is 8.34. The molecule has 0 saturated heterocycles. The van der Waals surface area contributed by atoms with Crippen LogP contribution in [0.25, 0.3) is 11.6 Å². The Labute approximate surface area is 210 Å². The number of hydrogen-bond donors (Lipinski definition) is 0. The summed E-state index contributed by atoms with van der Waals surface area (Å²) in [5.41, 5.74) is -0.620. The van der Waals surface area contributed by atoms with Gasteiger partial charge in [-0.15, -0.1) is 0 Å². The van der Waals surface area contributed by atoms with Gasteiger partial charge in [0, 0.05) is 24.1 Å². The molecule has 4 rings (SSSR count). The van der Waals surface area contributed by atoms with Crippen LogP contribution in [-0.2, 0) is 21.8 Å². The second-order valence-electron chi connectivity index (χ2n) is 8.42. The Morgan fingerprint density at radius 2 is 1.81 bits per heavy atom. The maximum absolute atomic E-state index is 14.8. The van der Waals surface area contributed by atoms with Gasteiger partial charge in [0.15, 0.2) is 0 Å². The highest BCUT2D eigenvalue weighted by Crippen LogP contribution is 2.45. The van der Waals surface area contributed by atoms with Gasteiger partial charge >= 0.3 is 6.18 Å². The molecule has 1 atom stereocenters. The van der Waals surface area contributed by atoms with Crippen molar-refractivity contribution in [1.82, 2.24) is 0 Å². The normalized spacial score (nSPS) is 17.4. The van der Waals surface area contributed by atoms with E-state index in [1.807, 2.05) is 0 Å². The first-order valence-electron chi connectivity index (χ1n) is 10.7. The molecule has 0 bridgehead atoms. The fourth-order valence-corrected chi connectivity index (χ4v) is 6.18. The number of benzene rings is 3. The fraction of sp³-hybridized carbons (Fsp3) is 0.192. The summed E-state index contributed by atoms with van der Waals surface area (Å²) >= 11 is 6.12. The van der Waals surface area contributed by atoms with Crippen molar-refractivity contribution in [3.63, 3.8) is 0 Å². The quantitative estimate of drug-likeness (QED) is 0.185. The number of nitrogens with zero attached hydrogens (tertiary/aromatic N) is 1. The SMILES string of the molecule is C=S(=O)(c1cccc(C(F)(F)F)c1)N1CCC(F)(F)c2ccc(/C=C(\C)c3c(F)cccc3Cl)cc21. The second kappa shape index (κ2) is 9.19. The molecule has 0 N–H and O–H groups in total.